The summed E-state index contributed by atoms with van der Waals surface area (Å²) >= 11 is 0. The summed E-state index contributed by atoms with van der Waals surface area (Å²) in [5.74, 6) is -0.896. The molecule has 1 atom stereocenters. The molecule has 0 rings (SSSR count). The third kappa shape index (κ3) is 43.0. The van der Waals surface area contributed by atoms with Crippen LogP contribution in [0.25, 0.3) is 0 Å². The zero-order valence-corrected chi connectivity index (χ0v) is 35.8. The summed E-state index contributed by atoms with van der Waals surface area (Å²) in [6.07, 6.45) is 48.7. The first-order valence-corrected chi connectivity index (χ1v) is 23.8. The number of rotatable bonds is 41. The van der Waals surface area contributed by atoms with Crippen molar-refractivity contribution in [3.8, 4) is 0 Å². The third-order valence-electron chi connectivity index (χ3n) is 9.67. The molecule has 0 aliphatic carbocycles. The molecule has 0 heterocycles. The van der Waals surface area contributed by atoms with E-state index in [9.17, 15) is 14.2 Å². The number of hydrogen-bond acceptors (Lipinski definition) is 6. The first-order chi connectivity index (χ1) is 26.3. The van der Waals surface area contributed by atoms with Gasteiger partial charge in [0.05, 0.1) is 6.61 Å². The Balaban J connectivity index is 3.85. The van der Waals surface area contributed by atoms with Crippen LogP contribution < -0.4 is 0 Å². The highest BCUT2D eigenvalue weighted by Gasteiger charge is 2.22. The highest BCUT2D eigenvalue weighted by atomic mass is 31.2. The van der Waals surface area contributed by atoms with Crippen LogP contribution in [-0.2, 0) is 28.2 Å². The average Bonchev–Trinajstić information content (AvgIpc) is 3.14. The Kier molecular flexibility index (Phi) is 39.6. The fourth-order valence-electron chi connectivity index (χ4n) is 6.39. The van der Waals surface area contributed by atoms with E-state index in [-0.39, 0.29) is 19.4 Å². The van der Waals surface area contributed by atoms with Gasteiger partial charge in [-0.2, -0.15) is 0 Å². The third-order valence-corrected chi connectivity index (χ3v) is 10.2. The van der Waals surface area contributed by atoms with Gasteiger partial charge < -0.3 is 19.3 Å². The molecule has 0 bridgehead atoms. The Morgan fingerprint density at radius 2 is 0.889 bits per heavy atom. The molecule has 0 aliphatic heterocycles. The van der Waals surface area contributed by atoms with E-state index in [1.807, 2.05) is 0 Å². The Hall–Kier alpha value is -1.73. The highest BCUT2D eigenvalue weighted by molar-refractivity contribution is 7.46. The maximum absolute atomic E-state index is 12.4. The minimum absolute atomic E-state index is 0.194. The predicted molar refractivity (Wildman–Crippen MR) is 225 cm³/mol. The van der Waals surface area contributed by atoms with Crippen LogP contribution in [0.5, 0.6) is 0 Å². The minimum Gasteiger partial charge on any atom is -0.462 e. The number of esters is 2. The van der Waals surface area contributed by atoms with Crippen LogP contribution in [-0.4, -0.2) is 41.0 Å². The molecule has 0 saturated carbocycles. The standard InChI is InChI=1S/C45H83O8P/c1-3-5-7-9-11-13-15-17-19-20-21-22-23-24-26-27-29-31-33-35-37-39-44(46)51-41-43(42-52-54(48,49)50)53-45(47)40-38-36-34-32-30-28-25-18-16-14-12-10-8-6-4-2/h6,8,12,14,18,25,43H,3-5,7,9-11,13,15-17,19-24,26-42H2,1-2H3,(H2,48,49,50)/b8-6+,14-12+,25-18+/t43-/m1/s1. The normalized spacial score (nSPS) is 12.7. The van der Waals surface area contributed by atoms with Gasteiger partial charge in [0, 0.05) is 12.8 Å². The van der Waals surface area contributed by atoms with Crippen molar-refractivity contribution in [2.24, 2.45) is 0 Å². The van der Waals surface area contributed by atoms with E-state index in [1.165, 1.54) is 116 Å². The molecule has 2 N–H and O–H groups in total. The Morgan fingerprint density at radius 1 is 0.500 bits per heavy atom. The van der Waals surface area contributed by atoms with Crippen LogP contribution in [0.1, 0.15) is 219 Å². The van der Waals surface area contributed by atoms with Crippen molar-refractivity contribution in [2.45, 2.75) is 225 Å². The lowest BCUT2D eigenvalue weighted by atomic mass is 10.0. The van der Waals surface area contributed by atoms with Crippen molar-refractivity contribution < 1.29 is 37.9 Å². The number of phosphoric ester groups is 1. The molecule has 0 radical (unpaired) electrons. The lowest BCUT2D eigenvalue weighted by Crippen LogP contribution is -2.29. The van der Waals surface area contributed by atoms with Crippen molar-refractivity contribution in [3.63, 3.8) is 0 Å². The number of carbonyl (C=O) groups excluding carboxylic acids is 2. The highest BCUT2D eigenvalue weighted by Crippen LogP contribution is 2.36. The zero-order chi connectivity index (χ0) is 39.6. The van der Waals surface area contributed by atoms with Crippen molar-refractivity contribution in [1.82, 2.24) is 0 Å². The van der Waals surface area contributed by atoms with Crippen molar-refractivity contribution >= 4 is 19.8 Å². The number of allylic oxidation sites excluding steroid dienone is 6. The van der Waals surface area contributed by atoms with Crippen LogP contribution in [0, 0.1) is 0 Å². The first kappa shape index (κ1) is 52.3. The van der Waals surface area contributed by atoms with Crippen molar-refractivity contribution in [3.05, 3.63) is 36.5 Å². The summed E-state index contributed by atoms with van der Waals surface area (Å²) < 4.78 is 26.4. The second-order valence-corrected chi connectivity index (χ2v) is 16.2. The summed E-state index contributed by atoms with van der Waals surface area (Å²) in [7, 11) is -4.76. The minimum atomic E-state index is -4.76. The molecule has 0 spiro atoms. The van der Waals surface area contributed by atoms with Gasteiger partial charge in [0.15, 0.2) is 6.10 Å². The molecule has 316 valence electrons. The fraction of sp³-hybridized carbons (Fsp3) is 0.822. The zero-order valence-electron chi connectivity index (χ0n) is 34.9. The van der Waals surface area contributed by atoms with Gasteiger partial charge in [-0.25, -0.2) is 4.57 Å². The van der Waals surface area contributed by atoms with Gasteiger partial charge >= 0.3 is 19.8 Å². The summed E-state index contributed by atoms with van der Waals surface area (Å²) in [6.45, 7) is 3.58. The largest absolute Gasteiger partial charge is 0.469 e. The van der Waals surface area contributed by atoms with Crippen LogP contribution in [0.2, 0.25) is 0 Å². The molecule has 0 aromatic rings. The molecule has 54 heavy (non-hydrogen) atoms. The molecule has 0 amide bonds. The lowest BCUT2D eigenvalue weighted by molar-refractivity contribution is -0.161. The van der Waals surface area contributed by atoms with Gasteiger partial charge in [-0.1, -0.05) is 198 Å². The van der Waals surface area contributed by atoms with Gasteiger partial charge in [0.25, 0.3) is 0 Å². The second kappa shape index (κ2) is 40.9. The van der Waals surface area contributed by atoms with E-state index in [0.29, 0.717) is 6.42 Å². The maximum atomic E-state index is 12.4. The molecule has 9 heteroatoms. The topological polar surface area (TPSA) is 119 Å². The van der Waals surface area contributed by atoms with Crippen LogP contribution in [0.4, 0.5) is 0 Å². The fourth-order valence-corrected chi connectivity index (χ4v) is 6.75. The van der Waals surface area contributed by atoms with Gasteiger partial charge in [0.1, 0.15) is 6.61 Å². The number of carbonyl (C=O) groups is 2. The van der Waals surface area contributed by atoms with E-state index in [1.54, 1.807) is 0 Å². The van der Waals surface area contributed by atoms with Crippen LogP contribution in [0.3, 0.4) is 0 Å². The lowest BCUT2D eigenvalue weighted by Gasteiger charge is -2.18. The number of ether oxygens (including phenoxy) is 2. The predicted octanol–water partition coefficient (Wildman–Crippen LogP) is 13.7. The monoisotopic (exact) mass is 783 g/mol. The molecule has 0 unspecified atom stereocenters. The van der Waals surface area contributed by atoms with E-state index < -0.39 is 32.5 Å². The molecular formula is C45H83O8P. The van der Waals surface area contributed by atoms with Gasteiger partial charge in [-0.3, -0.25) is 14.1 Å². The maximum Gasteiger partial charge on any atom is 0.469 e. The Labute approximate surface area is 332 Å². The van der Waals surface area contributed by atoms with Gasteiger partial charge in [0.2, 0.25) is 0 Å². The summed E-state index contributed by atoms with van der Waals surface area (Å²) in [5.41, 5.74) is 0. The second-order valence-electron chi connectivity index (χ2n) is 15.0. The molecular weight excluding hydrogens is 699 g/mol. The molecule has 0 aromatic heterocycles. The molecule has 0 saturated heterocycles. The molecule has 8 nitrogen and oxygen atoms in total. The molecule has 0 aromatic carbocycles. The van der Waals surface area contributed by atoms with Crippen LogP contribution in [0.15, 0.2) is 36.5 Å². The van der Waals surface area contributed by atoms with Crippen molar-refractivity contribution in [1.29, 1.82) is 0 Å². The Morgan fingerprint density at radius 3 is 1.33 bits per heavy atom. The quantitative estimate of drug-likeness (QED) is 0.0272. The summed E-state index contributed by atoms with van der Waals surface area (Å²) in [6, 6.07) is 0. The summed E-state index contributed by atoms with van der Waals surface area (Å²) in [4.78, 5) is 42.9. The van der Waals surface area contributed by atoms with E-state index >= 15 is 0 Å². The number of hydrogen-bond donors (Lipinski definition) is 2. The van der Waals surface area contributed by atoms with Gasteiger partial charge in [-0.15, -0.1) is 0 Å². The van der Waals surface area contributed by atoms with E-state index in [4.69, 9.17) is 19.3 Å². The van der Waals surface area contributed by atoms with Gasteiger partial charge in [-0.05, 0) is 44.9 Å². The van der Waals surface area contributed by atoms with Crippen molar-refractivity contribution in [2.75, 3.05) is 13.2 Å². The van der Waals surface area contributed by atoms with Crippen LogP contribution >= 0.6 is 7.82 Å². The van der Waals surface area contributed by atoms with E-state index in [2.05, 4.69) is 54.8 Å². The SMILES string of the molecule is CC/C=C/C/C=C/C/C=C/CCCCCCCC(=O)O[C@H](COC(=O)CCCCCCCCCCCCCCCCCCCCCCC)COP(=O)(O)O. The molecule has 0 fully saturated rings. The van der Waals surface area contributed by atoms with E-state index in [0.717, 1.165) is 70.6 Å². The number of unbranched alkanes of at least 4 members (excludes halogenated alkanes) is 25. The smallest absolute Gasteiger partial charge is 0.462 e. The number of phosphoric acid groups is 1. The summed E-state index contributed by atoms with van der Waals surface area (Å²) in [5, 5.41) is 0. The average molecular weight is 783 g/mol. The first-order valence-electron chi connectivity index (χ1n) is 22.3. The Bertz CT molecular complexity index is 973. The molecule has 0 aliphatic rings.